The molecule has 0 saturated heterocycles. The highest BCUT2D eigenvalue weighted by molar-refractivity contribution is 6.22. The first-order valence-electron chi connectivity index (χ1n) is 8.47. The van der Waals surface area contributed by atoms with Crippen LogP contribution in [0.3, 0.4) is 0 Å². The van der Waals surface area contributed by atoms with E-state index in [0.717, 1.165) is 4.90 Å². The molecule has 1 aliphatic heterocycles. The lowest BCUT2D eigenvalue weighted by Gasteiger charge is -2.15. The number of ether oxygens (including phenoxy) is 1. The van der Waals surface area contributed by atoms with Gasteiger partial charge in [-0.3, -0.25) is 19.3 Å². The van der Waals surface area contributed by atoms with E-state index < -0.39 is 30.3 Å². The Morgan fingerprint density at radius 3 is 2.64 bits per heavy atom. The molecule has 2 heterocycles. The monoisotopic (exact) mass is 382 g/mol. The largest absolute Gasteiger partial charge is 0.467 e. The maximum Gasteiger partial charge on any atom is 0.338 e. The number of fused-ring (bicyclic) bond motifs is 1. The second kappa shape index (κ2) is 7.91. The molecule has 28 heavy (non-hydrogen) atoms. The average molecular weight is 382 g/mol. The van der Waals surface area contributed by atoms with Crippen molar-refractivity contribution in [2.75, 3.05) is 20.2 Å². The minimum absolute atomic E-state index is 0.0850. The number of nitrogens with zero attached hydrogens (tertiary/aromatic N) is 2. The van der Waals surface area contributed by atoms with Gasteiger partial charge in [-0.15, -0.1) is 6.58 Å². The zero-order valence-electron chi connectivity index (χ0n) is 15.2. The van der Waals surface area contributed by atoms with Gasteiger partial charge in [-0.25, -0.2) is 4.79 Å². The molecule has 0 fully saturated rings. The van der Waals surface area contributed by atoms with Gasteiger partial charge >= 0.3 is 5.97 Å². The Labute approximate surface area is 161 Å². The van der Waals surface area contributed by atoms with Crippen molar-refractivity contribution in [2.24, 2.45) is 0 Å². The van der Waals surface area contributed by atoms with Crippen molar-refractivity contribution in [2.45, 2.75) is 6.54 Å². The van der Waals surface area contributed by atoms with Crippen LogP contribution in [0.25, 0.3) is 0 Å². The fourth-order valence-electron chi connectivity index (χ4n) is 2.76. The van der Waals surface area contributed by atoms with Crippen molar-refractivity contribution >= 4 is 23.7 Å². The number of esters is 1. The molecule has 0 spiro atoms. The molecule has 0 N–H and O–H groups in total. The summed E-state index contributed by atoms with van der Waals surface area (Å²) in [6, 6.07) is 7.54. The number of hydrogen-bond donors (Lipinski definition) is 0. The molecule has 0 aliphatic carbocycles. The summed E-state index contributed by atoms with van der Waals surface area (Å²) in [6.07, 6.45) is 2.95. The number of benzene rings is 1. The number of hydrogen-bond acceptors (Lipinski definition) is 6. The summed E-state index contributed by atoms with van der Waals surface area (Å²) in [5, 5.41) is 0. The number of imide groups is 1. The van der Waals surface area contributed by atoms with Crippen LogP contribution >= 0.6 is 0 Å². The molecule has 144 valence electrons. The number of likely N-dealkylation sites (N-methyl/N-ethyl adjacent to an activating group) is 1. The Hall–Kier alpha value is -3.68. The van der Waals surface area contributed by atoms with Gasteiger partial charge in [-0.2, -0.15) is 0 Å². The van der Waals surface area contributed by atoms with E-state index in [1.165, 1.54) is 35.4 Å². The highest BCUT2D eigenvalue weighted by atomic mass is 16.5. The lowest BCUT2D eigenvalue weighted by atomic mass is 10.1. The number of carbonyl (C=O) groups is 4. The van der Waals surface area contributed by atoms with Crippen molar-refractivity contribution in [3.05, 3.63) is 71.7 Å². The maximum absolute atomic E-state index is 12.3. The first-order chi connectivity index (χ1) is 13.4. The molecule has 3 rings (SSSR count). The normalized spacial score (nSPS) is 12.7. The van der Waals surface area contributed by atoms with Crippen LogP contribution in [0.1, 0.15) is 36.8 Å². The van der Waals surface area contributed by atoms with E-state index >= 15 is 0 Å². The summed E-state index contributed by atoms with van der Waals surface area (Å²) in [5.41, 5.74) is 0.432. The van der Waals surface area contributed by atoms with Crippen LogP contribution < -0.4 is 0 Å². The second-order valence-corrected chi connectivity index (χ2v) is 6.18. The van der Waals surface area contributed by atoms with E-state index in [2.05, 4.69) is 6.58 Å². The van der Waals surface area contributed by atoms with Gasteiger partial charge in [0.2, 0.25) is 0 Å². The third kappa shape index (κ3) is 3.71. The van der Waals surface area contributed by atoms with Gasteiger partial charge in [0.05, 0.1) is 29.5 Å². The van der Waals surface area contributed by atoms with E-state index in [4.69, 9.17) is 9.15 Å². The van der Waals surface area contributed by atoms with Crippen LogP contribution in [0.2, 0.25) is 0 Å². The van der Waals surface area contributed by atoms with Crippen LogP contribution in [0, 0.1) is 0 Å². The van der Waals surface area contributed by atoms with Gasteiger partial charge in [0.25, 0.3) is 17.7 Å². The fourth-order valence-corrected chi connectivity index (χ4v) is 2.76. The molecule has 0 atom stereocenters. The fraction of sp³-hybridized carbons (Fsp3) is 0.200. The Morgan fingerprint density at radius 2 is 1.96 bits per heavy atom. The SMILES string of the molecule is C=CCN1C(=O)c2ccc(C(=O)OCC(=O)N(C)Cc3ccco3)cc2C1=O. The van der Waals surface area contributed by atoms with Crippen LogP contribution in [0.4, 0.5) is 0 Å². The van der Waals surface area contributed by atoms with Crippen LogP contribution in [-0.2, 0) is 16.1 Å². The first kappa shape index (κ1) is 19.1. The van der Waals surface area contributed by atoms with Gasteiger partial charge in [-0.1, -0.05) is 6.08 Å². The number of carbonyl (C=O) groups excluding carboxylic acids is 4. The van der Waals surface area contributed by atoms with Crippen molar-refractivity contribution in [3.8, 4) is 0 Å². The first-order valence-corrected chi connectivity index (χ1v) is 8.47. The highest BCUT2D eigenvalue weighted by Gasteiger charge is 2.35. The molecule has 0 bridgehead atoms. The molecule has 2 aromatic rings. The quantitative estimate of drug-likeness (QED) is 0.412. The lowest BCUT2D eigenvalue weighted by molar-refractivity contribution is -0.133. The van der Waals surface area contributed by atoms with E-state index in [0.29, 0.717) is 5.76 Å². The number of amides is 3. The van der Waals surface area contributed by atoms with Crippen molar-refractivity contribution in [3.63, 3.8) is 0 Å². The molecule has 8 nitrogen and oxygen atoms in total. The number of furan rings is 1. The van der Waals surface area contributed by atoms with Gasteiger partial charge in [0.1, 0.15) is 5.76 Å². The third-order valence-electron chi connectivity index (χ3n) is 4.24. The predicted octanol–water partition coefficient (Wildman–Crippen LogP) is 1.88. The Kier molecular flexibility index (Phi) is 5.39. The standard InChI is InChI=1S/C20H18N2O6/c1-3-8-22-18(24)15-7-6-13(10-16(15)19(22)25)20(26)28-12-17(23)21(2)11-14-5-4-9-27-14/h3-7,9-10H,1,8,11-12H2,2H3. The predicted molar refractivity (Wildman–Crippen MR) is 97.5 cm³/mol. The topological polar surface area (TPSA) is 97.1 Å². The summed E-state index contributed by atoms with van der Waals surface area (Å²) >= 11 is 0. The minimum atomic E-state index is -0.759. The molecule has 1 aromatic carbocycles. The van der Waals surface area contributed by atoms with E-state index in [9.17, 15) is 19.2 Å². The third-order valence-corrected chi connectivity index (χ3v) is 4.24. The molecular formula is C20H18N2O6. The molecular weight excluding hydrogens is 364 g/mol. The van der Waals surface area contributed by atoms with E-state index in [1.807, 2.05) is 0 Å². The van der Waals surface area contributed by atoms with Gasteiger partial charge in [-0.05, 0) is 30.3 Å². The molecule has 1 aliphatic rings. The number of rotatable bonds is 7. The van der Waals surface area contributed by atoms with E-state index in [-0.39, 0.29) is 29.8 Å². The van der Waals surface area contributed by atoms with Crippen LogP contribution in [0.15, 0.2) is 53.7 Å². The highest BCUT2D eigenvalue weighted by Crippen LogP contribution is 2.24. The van der Waals surface area contributed by atoms with Gasteiger partial charge < -0.3 is 14.1 Å². The molecule has 0 saturated carbocycles. The summed E-state index contributed by atoms with van der Waals surface area (Å²) in [4.78, 5) is 51.2. The molecule has 8 heteroatoms. The lowest BCUT2D eigenvalue weighted by Crippen LogP contribution is -2.30. The Bertz CT molecular complexity index is 948. The summed E-state index contributed by atoms with van der Waals surface area (Å²) < 4.78 is 10.2. The van der Waals surface area contributed by atoms with Gasteiger partial charge in [0.15, 0.2) is 6.61 Å². The molecule has 0 radical (unpaired) electrons. The van der Waals surface area contributed by atoms with Crippen LogP contribution in [0.5, 0.6) is 0 Å². The maximum atomic E-state index is 12.3. The van der Waals surface area contributed by atoms with Gasteiger partial charge in [0, 0.05) is 13.6 Å². The summed E-state index contributed by atoms with van der Waals surface area (Å²) in [7, 11) is 1.56. The molecule has 0 unspecified atom stereocenters. The Morgan fingerprint density at radius 1 is 1.21 bits per heavy atom. The minimum Gasteiger partial charge on any atom is -0.467 e. The van der Waals surface area contributed by atoms with Crippen molar-refractivity contribution in [1.82, 2.24) is 9.80 Å². The Balaban J connectivity index is 1.63. The molecule has 3 amide bonds. The zero-order chi connectivity index (χ0) is 20.3. The van der Waals surface area contributed by atoms with Crippen LogP contribution in [-0.4, -0.2) is 53.7 Å². The average Bonchev–Trinajstić information content (AvgIpc) is 3.28. The summed E-state index contributed by atoms with van der Waals surface area (Å²) in [5.74, 6) is -1.49. The summed E-state index contributed by atoms with van der Waals surface area (Å²) in [6.45, 7) is 3.40. The van der Waals surface area contributed by atoms with Crippen molar-refractivity contribution in [1.29, 1.82) is 0 Å². The van der Waals surface area contributed by atoms with Crippen molar-refractivity contribution < 1.29 is 28.3 Å². The van der Waals surface area contributed by atoms with E-state index in [1.54, 1.807) is 19.2 Å². The smallest absolute Gasteiger partial charge is 0.338 e. The zero-order valence-corrected chi connectivity index (χ0v) is 15.2. The second-order valence-electron chi connectivity index (χ2n) is 6.18. The molecule has 1 aromatic heterocycles.